The van der Waals surface area contributed by atoms with Gasteiger partial charge in [-0.15, -0.1) is 0 Å². The summed E-state index contributed by atoms with van der Waals surface area (Å²) in [5, 5.41) is 0. The lowest BCUT2D eigenvalue weighted by Crippen LogP contribution is -2.28. The van der Waals surface area contributed by atoms with E-state index in [1.165, 1.54) is 6.42 Å². The van der Waals surface area contributed by atoms with Crippen molar-refractivity contribution in [1.82, 2.24) is 0 Å². The number of Topliss-reactive ketones (excluding diaryl/α,β-unsaturated/α-hetero) is 1. The lowest BCUT2D eigenvalue weighted by molar-refractivity contribution is -0.126. The number of hydrogen-bond donors (Lipinski definition) is 0. The Morgan fingerprint density at radius 2 is 1.74 bits per heavy atom. The van der Waals surface area contributed by atoms with Crippen LogP contribution in [0.5, 0.6) is 0 Å². The molecule has 1 aromatic carbocycles. The highest BCUT2D eigenvalue weighted by atomic mass is 16.5. The SMILES string of the molecule is CC1CC(C)CC(OCC(=O)Cc2ccccc2)C1. The van der Waals surface area contributed by atoms with Crippen molar-refractivity contribution < 1.29 is 9.53 Å². The summed E-state index contributed by atoms with van der Waals surface area (Å²) in [5.74, 6) is 1.62. The van der Waals surface area contributed by atoms with E-state index in [4.69, 9.17) is 4.74 Å². The summed E-state index contributed by atoms with van der Waals surface area (Å²) in [6, 6.07) is 9.88. The standard InChI is InChI=1S/C17H24O2/c1-13-8-14(2)10-17(9-13)19-12-16(18)11-15-6-4-3-5-7-15/h3-7,13-14,17H,8-12H2,1-2H3. The van der Waals surface area contributed by atoms with Crippen molar-refractivity contribution in [2.45, 2.75) is 45.6 Å². The zero-order chi connectivity index (χ0) is 13.7. The Balaban J connectivity index is 1.74. The number of ether oxygens (including phenoxy) is 1. The van der Waals surface area contributed by atoms with Gasteiger partial charge in [-0.3, -0.25) is 4.79 Å². The number of carbonyl (C=O) groups is 1. The second kappa shape index (κ2) is 6.85. The van der Waals surface area contributed by atoms with Crippen LogP contribution in [-0.2, 0) is 16.0 Å². The van der Waals surface area contributed by atoms with Gasteiger partial charge in [-0.05, 0) is 36.7 Å². The van der Waals surface area contributed by atoms with Crippen LogP contribution in [0, 0.1) is 11.8 Å². The summed E-state index contributed by atoms with van der Waals surface area (Å²) in [6.07, 6.45) is 4.25. The maximum absolute atomic E-state index is 11.9. The van der Waals surface area contributed by atoms with E-state index in [0.717, 1.165) is 30.2 Å². The van der Waals surface area contributed by atoms with Crippen LogP contribution in [0.4, 0.5) is 0 Å². The van der Waals surface area contributed by atoms with Gasteiger partial charge in [0.25, 0.3) is 0 Å². The first kappa shape index (κ1) is 14.3. The summed E-state index contributed by atoms with van der Waals surface area (Å²) in [5.41, 5.74) is 1.07. The second-order valence-corrected chi connectivity index (χ2v) is 6.05. The molecule has 2 unspecified atom stereocenters. The molecule has 0 heterocycles. The molecule has 1 saturated carbocycles. The van der Waals surface area contributed by atoms with Crippen LogP contribution in [0.3, 0.4) is 0 Å². The van der Waals surface area contributed by atoms with Crippen molar-refractivity contribution in [2.24, 2.45) is 11.8 Å². The van der Waals surface area contributed by atoms with Crippen LogP contribution in [0.25, 0.3) is 0 Å². The predicted molar refractivity (Wildman–Crippen MR) is 77.1 cm³/mol. The summed E-state index contributed by atoms with van der Waals surface area (Å²) < 4.78 is 5.81. The summed E-state index contributed by atoms with van der Waals surface area (Å²) in [7, 11) is 0. The van der Waals surface area contributed by atoms with Crippen LogP contribution < -0.4 is 0 Å². The molecule has 1 fully saturated rings. The van der Waals surface area contributed by atoms with Crippen molar-refractivity contribution in [3.63, 3.8) is 0 Å². The van der Waals surface area contributed by atoms with Crippen LogP contribution in [-0.4, -0.2) is 18.5 Å². The minimum Gasteiger partial charge on any atom is -0.370 e. The molecule has 0 saturated heterocycles. The monoisotopic (exact) mass is 260 g/mol. The Bertz CT molecular complexity index is 389. The van der Waals surface area contributed by atoms with E-state index in [1.54, 1.807) is 0 Å². The minimum atomic E-state index is 0.178. The van der Waals surface area contributed by atoms with E-state index in [9.17, 15) is 4.79 Å². The predicted octanol–water partition coefficient (Wildman–Crippen LogP) is 3.64. The smallest absolute Gasteiger partial charge is 0.162 e. The van der Waals surface area contributed by atoms with Crippen molar-refractivity contribution >= 4 is 5.78 Å². The van der Waals surface area contributed by atoms with Gasteiger partial charge in [0.15, 0.2) is 5.78 Å². The van der Waals surface area contributed by atoms with E-state index in [-0.39, 0.29) is 18.5 Å². The number of carbonyl (C=O) groups excluding carboxylic acids is 1. The first-order valence-corrected chi connectivity index (χ1v) is 7.30. The summed E-state index contributed by atoms with van der Waals surface area (Å²) in [6.45, 7) is 4.81. The Morgan fingerprint density at radius 1 is 1.11 bits per heavy atom. The van der Waals surface area contributed by atoms with Crippen molar-refractivity contribution in [3.05, 3.63) is 35.9 Å². The Hall–Kier alpha value is -1.15. The highest BCUT2D eigenvalue weighted by Crippen LogP contribution is 2.30. The number of ketones is 1. The lowest BCUT2D eigenvalue weighted by atomic mass is 9.82. The van der Waals surface area contributed by atoms with Gasteiger partial charge >= 0.3 is 0 Å². The average Bonchev–Trinajstić information content (AvgIpc) is 2.36. The van der Waals surface area contributed by atoms with Gasteiger partial charge in [0, 0.05) is 6.42 Å². The fourth-order valence-electron chi connectivity index (χ4n) is 3.09. The third-order valence-corrected chi connectivity index (χ3v) is 3.86. The molecule has 2 rings (SSSR count). The normalized spacial score (nSPS) is 27.2. The Kier molecular flexibility index (Phi) is 5.15. The third-order valence-electron chi connectivity index (χ3n) is 3.86. The average molecular weight is 260 g/mol. The van der Waals surface area contributed by atoms with Crippen molar-refractivity contribution in [1.29, 1.82) is 0 Å². The Labute approximate surface area is 116 Å². The zero-order valence-electron chi connectivity index (χ0n) is 12.0. The first-order chi connectivity index (χ1) is 9.13. The summed E-state index contributed by atoms with van der Waals surface area (Å²) >= 11 is 0. The van der Waals surface area contributed by atoms with E-state index in [1.807, 2.05) is 30.3 Å². The molecule has 0 N–H and O–H groups in total. The van der Waals surface area contributed by atoms with Gasteiger partial charge in [0.2, 0.25) is 0 Å². The molecule has 0 bridgehead atoms. The van der Waals surface area contributed by atoms with Crippen molar-refractivity contribution in [2.75, 3.05) is 6.61 Å². The fourth-order valence-corrected chi connectivity index (χ4v) is 3.09. The van der Waals surface area contributed by atoms with Gasteiger partial charge in [-0.1, -0.05) is 44.2 Å². The molecule has 0 amide bonds. The molecule has 0 aliphatic heterocycles. The maximum atomic E-state index is 11.9. The molecule has 2 heteroatoms. The van der Waals surface area contributed by atoms with Crippen molar-refractivity contribution in [3.8, 4) is 0 Å². The number of hydrogen-bond acceptors (Lipinski definition) is 2. The highest BCUT2D eigenvalue weighted by Gasteiger charge is 2.24. The Morgan fingerprint density at radius 3 is 2.37 bits per heavy atom. The molecule has 2 atom stereocenters. The topological polar surface area (TPSA) is 26.3 Å². The molecule has 1 aliphatic rings. The van der Waals surface area contributed by atoms with Crippen LogP contribution in [0.1, 0.15) is 38.7 Å². The van der Waals surface area contributed by atoms with E-state index >= 15 is 0 Å². The van der Waals surface area contributed by atoms with E-state index in [0.29, 0.717) is 6.42 Å². The fraction of sp³-hybridized carbons (Fsp3) is 0.588. The lowest BCUT2D eigenvalue weighted by Gasteiger charge is -2.31. The maximum Gasteiger partial charge on any atom is 0.162 e. The highest BCUT2D eigenvalue weighted by molar-refractivity contribution is 5.82. The van der Waals surface area contributed by atoms with Crippen LogP contribution in [0.15, 0.2) is 30.3 Å². The molecule has 0 spiro atoms. The van der Waals surface area contributed by atoms with Crippen LogP contribution in [0.2, 0.25) is 0 Å². The molecule has 1 aliphatic carbocycles. The third kappa shape index (κ3) is 4.79. The number of benzene rings is 1. The molecule has 0 aromatic heterocycles. The van der Waals surface area contributed by atoms with E-state index < -0.39 is 0 Å². The number of rotatable bonds is 5. The molecule has 2 nitrogen and oxygen atoms in total. The molecular formula is C17H24O2. The minimum absolute atomic E-state index is 0.178. The van der Waals surface area contributed by atoms with Gasteiger partial charge in [-0.25, -0.2) is 0 Å². The van der Waals surface area contributed by atoms with Gasteiger partial charge < -0.3 is 4.74 Å². The van der Waals surface area contributed by atoms with Gasteiger partial charge in [0.05, 0.1) is 6.10 Å². The molecule has 0 radical (unpaired) electrons. The second-order valence-electron chi connectivity index (χ2n) is 6.05. The summed E-state index contributed by atoms with van der Waals surface area (Å²) in [4.78, 5) is 11.9. The molecular weight excluding hydrogens is 236 g/mol. The largest absolute Gasteiger partial charge is 0.370 e. The van der Waals surface area contributed by atoms with E-state index in [2.05, 4.69) is 13.8 Å². The molecule has 104 valence electrons. The quantitative estimate of drug-likeness (QED) is 0.808. The first-order valence-electron chi connectivity index (χ1n) is 7.30. The zero-order valence-corrected chi connectivity index (χ0v) is 12.0. The molecule has 1 aromatic rings. The van der Waals surface area contributed by atoms with Gasteiger partial charge in [-0.2, -0.15) is 0 Å². The van der Waals surface area contributed by atoms with Gasteiger partial charge in [0.1, 0.15) is 6.61 Å². The molecule has 19 heavy (non-hydrogen) atoms. The van der Waals surface area contributed by atoms with Crippen LogP contribution >= 0.6 is 0 Å².